The summed E-state index contributed by atoms with van der Waals surface area (Å²) < 4.78 is 0. The molecule has 21 heavy (non-hydrogen) atoms. The Morgan fingerprint density at radius 2 is 2.19 bits per heavy atom. The second kappa shape index (κ2) is 7.02. The third kappa shape index (κ3) is 4.15. The SMILES string of the molecule is Cc1cc(CNC(=O)c2cncc(C#CCN)c2)sc1C. The van der Waals surface area contributed by atoms with E-state index in [2.05, 4.69) is 42.1 Å². The Balaban J connectivity index is 2.03. The molecule has 0 spiro atoms. The van der Waals surface area contributed by atoms with Gasteiger partial charge in [0.15, 0.2) is 0 Å². The van der Waals surface area contributed by atoms with Crippen molar-refractivity contribution in [2.75, 3.05) is 6.54 Å². The molecule has 108 valence electrons. The lowest BCUT2D eigenvalue weighted by molar-refractivity contribution is 0.0951. The number of amides is 1. The normalized spacial score (nSPS) is 9.86. The first-order valence-electron chi connectivity index (χ1n) is 6.58. The molecule has 0 aromatic carbocycles. The highest BCUT2D eigenvalue weighted by Gasteiger charge is 2.08. The van der Waals surface area contributed by atoms with Crippen LogP contribution in [-0.4, -0.2) is 17.4 Å². The quantitative estimate of drug-likeness (QED) is 0.852. The smallest absolute Gasteiger partial charge is 0.253 e. The largest absolute Gasteiger partial charge is 0.347 e. The van der Waals surface area contributed by atoms with Crippen LogP contribution in [0.4, 0.5) is 0 Å². The average molecular weight is 299 g/mol. The van der Waals surface area contributed by atoms with E-state index in [0.717, 1.165) is 4.88 Å². The lowest BCUT2D eigenvalue weighted by Gasteiger charge is -2.03. The van der Waals surface area contributed by atoms with Gasteiger partial charge < -0.3 is 11.1 Å². The van der Waals surface area contributed by atoms with Crippen molar-refractivity contribution in [3.8, 4) is 11.8 Å². The summed E-state index contributed by atoms with van der Waals surface area (Å²) in [5, 5.41) is 2.90. The van der Waals surface area contributed by atoms with Crippen LogP contribution in [0.3, 0.4) is 0 Å². The van der Waals surface area contributed by atoms with Gasteiger partial charge >= 0.3 is 0 Å². The van der Waals surface area contributed by atoms with Gasteiger partial charge in [0, 0.05) is 27.7 Å². The van der Waals surface area contributed by atoms with Gasteiger partial charge in [-0.25, -0.2) is 0 Å². The van der Waals surface area contributed by atoms with Crippen molar-refractivity contribution >= 4 is 17.2 Å². The van der Waals surface area contributed by atoms with Crippen LogP contribution >= 0.6 is 11.3 Å². The molecule has 0 unspecified atom stereocenters. The zero-order valence-electron chi connectivity index (χ0n) is 12.1. The third-order valence-corrected chi connectivity index (χ3v) is 4.13. The Morgan fingerprint density at radius 3 is 2.86 bits per heavy atom. The molecule has 4 nitrogen and oxygen atoms in total. The van der Waals surface area contributed by atoms with E-state index in [9.17, 15) is 4.79 Å². The molecule has 0 saturated heterocycles. The second-order valence-corrected chi connectivity index (χ2v) is 5.94. The predicted molar refractivity (Wildman–Crippen MR) is 85.1 cm³/mol. The summed E-state index contributed by atoms with van der Waals surface area (Å²) in [6.45, 7) is 4.96. The molecule has 0 bridgehead atoms. The summed E-state index contributed by atoms with van der Waals surface area (Å²) in [6.07, 6.45) is 3.15. The van der Waals surface area contributed by atoms with Gasteiger partial charge in [-0.05, 0) is 31.5 Å². The summed E-state index contributed by atoms with van der Waals surface area (Å²) in [7, 11) is 0. The Labute approximate surface area is 128 Å². The van der Waals surface area contributed by atoms with Crippen molar-refractivity contribution in [2.45, 2.75) is 20.4 Å². The molecule has 0 aliphatic rings. The number of hydrogen-bond acceptors (Lipinski definition) is 4. The molecule has 0 aliphatic carbocycles. The molecule has 5 heteroatoms. The Morgan fingerprint density at radius 1 is 1.38 bits per heavy atom. The number of nitrogens with one attached hydrogen (secondary N) is 1. The molecule has 2 heterocycles. The molecular formula is C16H17N3OS. The van der Waals surface area contributed by atoms with Crippen LogP contribution in [0.15, 0.2) is 24.5 Å². The summed E-state index contributed by atoms with van der Waals surface area (Å²) in [5.41, 5.74) is 7.78. The maximum absolute atomic E-state index is 12.1. The monoisotopic (exact) mass is 299 g/mol. The van der Waals surface area contributed by atoms with Crippen LogP contribution in [0.2, 0.25) is 0 Å². The molecular weight excluding hydrogens is 282 g/mol. The fraction of sp³-hybridized carbons (Fsp3) is 0.250. The molecule has 2 rings (SSSR count). The second-order valence-electron chi connectivity index (χ2n) is 4.60. The van der Waals surface area contributed by atoms with Crippen molar-refractivity contribution in [1.82, 2.24) is 10.3 Å². The number of carbonyl (C=O) groups excluding carboxylic acids is 1. The molecule has 0 saturated carbocycles. The Hall–Kier alpha value is -2.16. The number of pyridine rings is 1. The van der Waals surface area contributed by atoms with Crippen molar-refractivity contribution in [2.24, 2.45) is 5.73 Å². The number of carbonyl (C=O) groups is 1. The highest BCUT2D eigenvalue weighted by atomic mass is 32.1. The highest BCUT2D eigenvalue weighted by molar-refractivity contribution is 7.12. The van der Waals surface area contributed by atoms with E-state index < -0.39 is 0 Å². The van der Waals surface area contributed by atoms with Crippen LogP contribution in [0, 0.1) is 25.7 Å². The molecule has 3 N–H and O–H groups in total. The van der Waals surface area contributed by atoms with E-state index in [1.165, 1.54) is 16.6 Å². The topological polar surface area (TPSA) is 68.0 Å². The Bertz CT molecular complexity index is 690. The van der Waals surface area contributed by atoms with E-state index in [0.29, 0.717) is 17.7 Å². The molecule has 1 amide bonds. The van der Waals surface area contributed by atoms with Gasteiger partial charge in [-0.15, -0.1) is 11.3 Å². The van der Waals surface area contributed by atoms with Crippen LogP contribution < -0.4 is 11.1 Å². The number of aromatic nitrogens is 1. The lowest BCUT2D eigenvalue weighted by Crippen LogP contribution is -2.22. The van der Waals surface area contributed by atoms with E-state index in [4.69, 9.17) is 5.73 Å². The van der Waals surface area contributed by atoms with Crippen molar-refractivity contribution in [1.29, 1.82) is 0 Å². The molecule has 0 fully saturated rings. The minimum absolute atomic E-state index is 0.150. The number of aryl methyl sites for hydroxylation is 2. The van der Waals surface area contributed by atoms with Gasteiger partial charge in [0.2, 0.25) is 0 Å². The van der Waals surface area contributed by atoms with E-state index in [1.807, 2.05) is 0 Å². The van der Waals surface area contributed by atoms with Gasteiger partial charge in [0.05, 0.1) is 18.7 Å². The Kier molecular flexibility index (Phi) is 5.09. The predicted octanol–water partition coefficient (Wildman–Crippen LogP) is 2.00. The van der Waals surface area contributed by atoms with Crippen molar-refractivity contribution < 1.29 is 4.79 Å². The summed E-state index contributed by atoms with van der Waals surface area (Å²) in [4.78, 5) is 18.6. The van der Waals surface area contributed by atoms with Gasteiger partial charge in [-0.2, -0.15) is 0 Å². The number of hydrogen-bond donors (Lipinski definition) is 2. The molecule has 0 atom stereocenters. The molecule has 2 aromatic rings. The zero-order valence-corrected chi connectivity index (χ0v) is 12.9. The van der Waals surface area contributed by atoms with Gasteiger partial charge in [0.25, 0.3) is 5.91 Å². The summed E-state index contributed by atoms with van der Waals surface area (Å²) >= 11 is 1.70. The van der Waals surface area contributed by atoms with Crippen LogP contribution in [-0.2, 0) is 6.54 Å². The lowest BCUT2D eigenvalue weighted by atomic mass is 10.2. The first kappa shape index (κ1) is 15.2. The summed E-state index contributed by atoms with van der Waals surface area (Å²) in [5.74, 6) is 5.46. The van der Waals surface area contributed by atoms with Crippen molar-refractivity contribution in [3.63, 3.8) is 0 Å². The van der Waals surface area contributed by atoms with E-state index in [1.54, 1.807) is 23.6 Å². The third-order valence-electron chi connectivity index (χ3n) is 2.98. The number of nitrogens with zero attached hydrogens (tertiary/aromatic N) is 1. The van der Waals surface area contributed by atoms with Gasteiger partial charge in [0.1, 0.15) is 0 Å². The summed E-state index contributed by atoms with van der Waals surface area (Å²) in [6, 6.07) is 3.82. The minimum Gasteiger partial charge on any atom is -0.347 e. The fourth-order valence-corrected chi connectivity index (χ4v) is 2.79. The molecule has 0 aliphatic heterocycles. The maximum Gasteiger partial charge on any atom is 0.253 e. The molecule has 0 radical (unpaired) electrons. The van der Waals surface area contributed by atoms with E-state index in [-0.39, 0.29) is 12.5 Å². The standard InChI is InChI=1S/C16H17N3OS/c1-11-6-15(21-12(11)2)10-19-16(20)14-7-13(4-3-5-17)8-18-9-14/h6-9H,5,10,17H2,1-2H3,(H,19,20). The van der Waals surface area contributed by atoms with Crippen LogP contribution in [0.5, 0.6) is 0 Å². The number of thiophene rings is 1. The first-order valence-corrected chi connectivity index (χ1v) is 7.40. The average Bonchev–Trinajstić information content (AvgIpc) is 2.81. The van der Waals surface area contributed by atoms with E-state index >= 15 is 0 Å². The van der Waals surface area contributed by atoms with Gasteiger partial charge in [-0.3, -0.25) is 9.78 Å². The number of nitrogens with two attached hydrogens (primary N) is 1. The van der Waals surface area contributed by atoms with Crippen LogP contribution in [0.25, 0.3) is 0 Å². The van der Waals surface area contributed by atoms with Crippen molar-refractivity contribution in [3.05, 3.63) is 51.0 Å². The highest BCUT2D eigenvalue weighted by Crippen LogP contribution is 2.20. The maximum atomic E-state index is 12.1. The zero-order chi connectivity index (χ0) is 15.2. The molecule has 2 aromatic heterocycles. The first-order chi connectivity index (χ1) is 10.1. The fourth-order valence-electron chi connectivity index (χ4n) is 1.79. The number of rotatable bonds is 3. The minimum atomic E-state index is -0.150. The van der Waals surface area contributed by atoms with Crippen LogP contribution in [0.1, 0.15) is 31.2 Å². The van der Waals surface area contributed by atoms with Gasteiger partial charge in [-0.1, -0.05) is 11.8 Å².